The standard InChI is InChI=1S/C26H23ClN6O/c1-33-17-22(16-31-33)21-9-10-24(30-15-21)32-26(34)25(20-5-3-2-4-6-20)29-12-11-19-8-7-18(14-28)13-23(19)27/h2-10,13,15-17,25,29H,11-12H2,1H3,(H,30,32,34). The maximum Gasteiger partial charge on any atom is 0.247 e. The van der Waals surface area contributed by atoms with Gasteiger partial charge in [0.25, 0.3) is 0 Å². The highest BCUT2D eigenvalue weighted by Gasteiger charge is 2.20. The first-order valence-corrected chi connectivity index (χ1v) is 11.1. The SMILES string of the molecule is Cn1cc(-c2ccc(NC(=O)C(NCCc3ccc(C#N)cc3Cl)c3ccccc3)nc2)cn1. The Hall–Kier alpha value is -3.99. The number of nitrogens with one attached hydrogen (secondary N) is 2. The van der Waals surface area contributed by atoms with E-state index in [2.05, 4.69) is 26.8 Å². The number of aromatic nitrogens is 3. The Morgan fingerprint density at radius 3 is 2.59 bits per heavy atom. The zero-order valence-corrected chi connectivity index (χ0v) is 19.3. The van der Waals surface area contributed by atoms with Crippen molar-refractivity contribution in [1.82, 2.24) is 20.1 Å². The quantitative estimate of drug-likeness (QED) is 0.394. The first-order chi connectivity index (χ1) is 16.5. The summed E-state index contributed by atoms with van der Waals surface area (Å²) >= 11 is 6.30. The molecule has 34 heavy (non-hydrogen) atoms. The van der Waals surface area contributed by atoms with Crippen LogP contribution < -0.4 is 10.6 Å². The van der Waals surface area contributed by atoms with Crippen molar-refractivity contribution in [2.24, 2.45) is 7.05 Å². The minimum atomic E-state index is -0.571. The molecule has 7 nitrogen and oxygen atoms in total. The van der Waals surface area contributed by atoms with Gasteiger partial charge in [0.1, 0.15) is 11.9 Å². The van der Waals surface area contributed by atoms with E-state index in [-0.39, 0.29) is 5.91 Å². The summed E-state index contributed by atoms with van der Waals surface area (Å²) in [6.07, 6.45) is 6.00. The van der Waals surface area contributed by atoms with E-state index in [0.717, 1.165) is 22.3 Å². The van der Waals surface area contributed by atoms with Crippen LogP contribution in [0, 0.1) is 11.3 Å². The molecular weight excluding hydrogens is 448 g/mol. The number of benzene rings is 2. The number of halogens is 1. The van der Waals surface area contributed by atoms with E-state index in [0.29, 0.717) is 29.4 Å². The van der Waals surface area contributed by atoms with E-state index >= 15 is 0 Å². The van der Waals surface area contributed by atoms with Crippen LogP contribution in [-0.4, -0.2) is 27.2 Å². The average Bonchev–Trinajstić information content (AvgIpc) is 3.29. The predicted molar refractivity (Wildman–Crippen MR) is 132 cm³/mol. The average molecular weight is 471 g/mol. The molecule has 2 heterocycles. The molecule has 0 saturated carbocycles. The topological polar surface area (TPSA) is 95.6 Å². The molecule has 0 spiro atoms. The Morgan fingerprint density at radius 1 is 1.12 bits per heavy atom. The van der Waals surface area contributed by atoms with Crippen LogP contribution >= 0.6 is 11.6 Å². The minimum absolute atomic E-state index is 0.209. The van der Waals surface area contributed by atoms with Crippen LogP contribution in [-0.2, 0) is 18.3 Å². The number of rotatable bonds is 8. The summed E-state index contributed by atoms with van der Waals surface area (Å²) in [7, 11) is 1.86. The normalized spacial score (nSPS) is 11.6. The van der Waals surface area contributed by atoms with Gasteiger partial charge in [0.2, 0.25) is 5.91 Å². The monoisotopic (exact) mass is 470 g/mol. The van der Waals surface area contributed by atoms with Gasteiger partial charge in [-0.2, -0.15) is 10.4 Å². The summed E-state index contributed by atoms with van der Waals surface area (Å²) in [5.41, 5.74) is 4.15. The van der Waals surface area contributed by atoms with Gasteiger partial charge in [-0.1, -0.05) is 48.0 Å². The summed E-state index contributed by atoms with van der Waals surface area (Å²) in [5, 5.41) is 20.0. The lowest BCUT2D eigenvalue weighted by atomic mass is 10.0. The molecule has 2 aromatic heterocycles. The smallest absolute Gasteiger partial charge is 0.247 e. The Bertz CT molecular complexity index is 1310. The number of hydrogen-bond donors (Lipinski definition) is 2. The van der Waals surface area contributed by atoms with Crippen molar-refractivity contribution in [3.05, 3.63) is 101 Å². The van der Waals surface area contributed by atoms with Crippen LogP contribution in [0.25, 0.3) is 11.1 Å². The molecule has 4 rings (SSSR count). The van der Waals surface area contributed by atoms with Crippen LogP contribution in [0.3, 0.4) is 0 Å². The Kier molecular flexibility index (Phi) is 7.33. The maximum absolute atomic E-state index is 13.2. The van der Waals surface area contributed by atoms with Crippen LogP contribution in [0.5, 0.6) is 0 Å². The lowest BCUT2D eigenvalue weighted by molar-refractivity contribution is -0.118. The molecule has 1 unspecified atom stereocenters. The van der Waals surface area contributed by atoms with Crippen molar-refractivity contribution < 1.29 is 4.79 Å². The molecule has 0 fully saturated rings. The third-order valence-corrected chi connectivity index (χ3v) is 5.72. The lowest BCUT2D eigenvalue weighted by Gasteiger charge is -2.19. The Morgan fingerprint density at radius 2 is 1.94 bits per heavy atom. The maximum atomic E-state index is 13.2. The highest BCUT2D eigenvalue weighted by atomic mass is 35.5. The molecule has 0 radical (unpaired) electrons. The number of anilines is 1. The number of amides is 1. The van der Waals surface area contributed by atoms with Gasteiger partial charge >= 0.3 is 0 Å². The van der Waals surface area contributed by atoms with Crippen LogP contribution in [0.4, 0.5) is 5.82 Å². The predicted octanol–water partition coefficient (Wildman–Crippen LogP) is 4.52. The third-order valence-electron chi connectivity index (χ3n) is 5.37. The molecule has 0 saturated heterocycles. The van der Waals surface area contributed by atoms with Crippen molar-refractivity contribution in [2.45, 2.75) is 12.5 Å². The fourth-order valence-electron chi connectivity index (χ4n) is 3.59. The van der Waals surface area contributed by atoms with Crippen molar-refractivity contribution in [3.63, 3.8) is 0 Å². The fourth-order valence-corrected chi connectivity index (χ4v) is 3.86. The summed E-state index contributed by atoms with van der Waals surface area (Å²) in [4.78, 5) is 17.6. The summed E-state index contributed by atoms with van der Waals surface area (Å²) in [6.45, 7) is 0.520. The first kappa shape index (κ1) is 23.2. The number of carbonyl (C=O) groups is 1. The summed E-state index contributed by atoms with van der Waals surface area (Å²) < 4.78 is 1.73. The van der Waals surface area contributed by atoms with Crippen molar-refractivity contribution in [3.8, 4) is 17.2 Å². The zero-order chi connectivity index (χ0) is 23.9. The molecule has 170 valence electrons. The van der Waals surface area contributed by atoms with Gasteiger partial charge in [-0.3, -0.25) is 9.48 Å². The highest BCUT2D eigenvalue weighted by Crippen LogP contribution is 2.21. The number of aryl methyl sites for hydroxylation is 1. The van der Waals surface area contributed by atoms with E-state index in [9.17, 15) is 4.79 Å². The molecular formula is C26H23ClN6O. The van der Waals surface area contributed by atoms with Crippen LogP contribution in [0.2, 0.25) is 5.02 Å². The van der Waals surface area contributed by atoms with Gasteiger partial charge < -0.3 is 10.6 Å². The van der Waals surface area contributed by atoms with E-state index in [4.69, 9.17) is 16.9 Å². The molecule has 1 atom stereocenters. The zero-order valence-electron chi connectivity index (χ0n) is 18.6. The molecule has 2 aromatic carbocycles. The second-order valence-corrected chi connectivity index (χ2v) is 8.20. The van der Waals surface area contributed by atoms with E-state index in [1.807, 2.05) is 55.7 Å². The van der Waals surface area contributed by atoms with Gasteiger partial charge in [0.05, 0.1) is 17.8 Å². The van der Waals surface area contributed by atoms with Crippen molar-refractivity contribution in [2.75, 3.05) is 11.9 Å². The number of pyridine rings is 1. The van der Waals surface area contributed by atoms with Gasteiger partial charge in [-0.25, -0.2) is 4.98 Å². The number of carbonyl (C=O) groups excluding carboxylic acids is 1. The summed E-state index contributed by atoms with van der Waals surface area (Å²) in [5.74, 6) is 0.259. The van der Waals surface area contributed by atoms with E-state index in [1.165, 1.54) is 0 Å². The second kappa shape index (κ2) is 10.8. The molecule has 0 aliphatic heterocycles. The highest BCUT2D eigenvalue weighted by molar-refractivity contribution is 6.31. The molecule has 0 aliphatic carbocycles. The molecule has 4 aromatic rings. The molecule has 1 amide bonds. The molecule has 0 aliphatic rings. The summed E-state index contributed by atoms with van der Waals surface area (Å²) in [6, 6.07) is 19.9. The number of nitrogens with zero attached hydrogens (tertiary/aromatic N) is 4. The molecule has 2 N–H and O–H groups in total. The van der Waals surface area contributed by atoms with Crippen molar-refractivity contribution >= 4 is 23.3 Å². The van der Waals surface area contributed by atoms with Crippen LogP contribution in [0.15, 0.2) is 79.3 Å². The minimum Gasteiger partial charge on any atom is -0.309 e. The number of nitriles is 1. The van der Waals surface area contributed by atoms with Gasteiger partial charge in [0.15, 0.2) is 0 Å². The Labute approximate surface area is 203 Å². The Balaban J connectivity index is 1.44. The van der Waals surface area contributed by atoms with E-state index in [1.54, 1.807) is 35.3 Å². The number of hydrogen-bond acceptors (Lipinski definition) is 5. The molecule has 0 bridgehead atoms. The first-order valence-electron chi connectivity index (χ1n) is 10.8. The second-order valence-electron chi connectivity index (χ2n) is 7.79. The third kappa shape index (κ3) is 5.67. The molecule has 8 heteroatoms. The van der Waals surface area contributed by atoms with E-state index < -0.39 is 6.04 Å². The van der Waals surface area contributed by atoms with Gasteiger partial charge in [-0.05, 0) is 41.8 Å². The fraction of sp³-hybridized carbons (Fsp3) is 0.154. The largest absolute Gasteiger partial charge is 0.309 e. The lowest BCUT2D eigenvalue weighted by Crippen LogP contribution is -2.34. The van der Waals surface area contributed by atoms with Crippen LogP contribution in [0.1, 0.15) is 22.7 Å². The van der Waals surface area contributed by atoms with Gasteiger partial charge in [0, 0.05) is 42.1 Å². The van der Waals surface area contributed by atoms with Crippen molar-refractivity contribution in [1.29, 1.82) is 5.26 Å². The van der Waals surface area contributed by atoms with Gasteiger partial charge in [-0.15, -0.1) is 0 Å².